The fourth-order valence-electron chi connectivity index (χ4n) is 11.1. The lowest BCUT2D eigenvalue weighted by Crippen LogP contribution is -2.56. The first-order valence-electron chi connectivity index (χ1n) is 21.9. The van der Waals surface area contributed by atoms with Gasteiger partial charge < -0.3 is 39.9 Å². The number of alkyl carbamates (subject to hydrolysis) is 1. The average molecular weight is 827 g/mol. The summed E-state index contributed by atoms with van der Waals surface area (Å²) in [6.45, 7) is 13.3. The molecule has 13 heteroatoms. The van der Waals surface area contributed by atoms with Crippen LogP contribution >= 0.6 is 0 Å². The van der Waals surface area contributed by atoms with E-state index in [0.29, 0.717) is 24.3 Å². The molecule has 2 saturated carbocycles. The minimum atomic E-state index is -0.686. The molecule has 0 spiro atoms. The molecule has 4 fully saturated rings. The van der Waals surface area contributed by atoms with Crippen LogP contribution in [-0.4, -0.2) is 87.0 Å². The average Bonchev–Trinajstić information content (AvgIpc) is 4.13. The van der Waals surface area contributed by atoms with Crippen molar-refractivity contribution in [2.75, 3.05) is 27.3 Å². The lowest BCUT2D eigenvalue weighted by atomic mass is 9.91. The standard InChI is InChI=1S/C48H58N8O5/c1-27(2)40(51-29(5)60-6)42(57)55-25-30-17-19-47(55,21-30)44-49-23-38(52-44)33-13-11-32(12-14-33)34-15-16-37(36-10-8-9-35(34)36)39-24-50-45(53-39)48-20-18-31(22-48)26-56(48)43(58)41(28(3)4)54-46(59)61-7/h8-9,11-16,23-24,27-28,30-31,40-41,51H,5,10,17-22,25-26H2,1-4,6-7H3,(H,49,52)(H,50,53)(H,54,59)/t30-,31-,40+,41+,47+,48+/m1/s1. The first-order chi connectivity index (χ1) is 29.3. The predicted octanol–water partition coefficient (Wildman–Crippen LogP) is 7.49. The molecule has 61 heavy (non-hydrogen) atoms. The summed E-state index contributed by atoms with van der Waals surface area (Å²) in [5, 5.41) is 5.99. The number of aromatic amines is 2. The number of amides is 3. The number of carbonyl (C=O) groups is 3. The summed E-state index contributed by atoms with van der Waals surface area (Å²) in [6.07, 6.45) is 14.2. The van der Waals surface area contributed by atoms with Gasteiger partial charge >= 0.3 is 6.09 Å². The maximum atomic E-state index is 14.1. The molecule has 4 aromatic rings. The van der Waals surface area contributed by atoms with E-state index in [1.165, 1.54) is 18.2 Å². The lowest BCUT2D eigenvalue weighted by Gasteiger charge is -2.40. The number of allylic oxidation sites excluding steroid dienone is 1. The number of piperidine rings is 2. The molecule has 6 atom stereocenters. The Kier molecular flexibility index (Phi) is 10.3. The van der Waals surface area contributed by atoms with Gasteiger partial charge in [-0.15, -0.1) is 0 Å². The zero-order chi connectivity index (χ0) is 42.8. The van der Waals surface area contributed by atoms with Gasteiger partial charge in [0, 0.05) is 36.6 Å². The van der Waals surface area contributed by atoms with Crippen LogP contribution in [0.4, 0.5) is 4.79 Å². The van der Waals surface area contributed by atoms with Gasteiger partial charge in [0.2, 0.25) is 11.8 Å². The number of fused-ring (bicyclic) bond motifs is 5. The molecule has 4 bridgehead atoms. The zero-order valence-corrected chi connectivity index (χ0v) is 36.1. The molecule has 0 unspecified atom stereocenters. The number of nitrogens with zero attached hydrogens (tertiary/aromatic N) is 4. The Morgan fingerprint density at radius 2 is 1.30 bits per heavy atom. The van der Waals surface area contributed by atoms with Crippen molar-refractivity contribution in [2.45, 2.75) is 95.8 Å². The topological polar surface area (TPSA) is 158 Å². The predicted molar refractivity (Wildman–Crippen MR) is 233 cm³/mol. The van der Waals surface area contributed by atoms with E-state index >= 15 is 0 Å². The van der Waals surface area contributed by atoms with Gasteiger partial charge in [-0.1, -0.05) is 76.2 Å². The molecule has 0 radical (unpaired) electrons. The molecule has 2 aromatic carbocycles. The van der Waals surface area contributed by atoms with E-state index in [4.69, 9.17) is 19.4 Å². The van der Waals surface area contributed by atoms with Crippen molar-refractivity contribution < 1.29 is 23.9 Å². The molecule has 9 rings (SSSR count). The summed E-state index contributed by atoms with van der Waals surface area (Å²) in [6, 6.07) is 11.8. The number of aromatic nitrogens is 4. The molecule has 13 nitrogen and oxygen atoms in total. The molecule has 5 aliphatic rings. The van der Waals surface area contributed by atoms with Gasteiger partial charge in [-0.3, -0.25) is 9.59 Å². The SMILES string of the molecule is C=C(N[C@H](C(=O)N1C[C@@H]2CC[C@@]1(c1nc(-c3ccc(-c4ccc(-c5c[nH]c([C@@]67CC[C@@H](CN6C(=O)[C@@H](NC(=O)OC)C(C)C)C7)n5)c5c4C=CC5)cc3)c[nH]1)C2)C(C)C)OC. The fraction of sp³-hybridized carbons (Fsp3) is 0.479. The van der Waals surface area contributed by atoms with Gasteiger partial charge in [0.1, 0.15) is 34.8 Å². The van der Waals surface area contributed by atoms with E-state index in [0.717, 1.165) is 96.8 Å². The Morgan fingerprint density at radius 3 is 1.85 bits per heavy atom. The zero-order valence-electron chi connectivity index (χ0n) is 36.1. The summed E-state index contributed by atoms with van der Waals surface area (Å²) >= 11 is 0. The van der Waals surface area contributed by atoms with Crippen molar-refractivity contribution in [1.29, 1.82) is 0 Å². The first kappa shape index (κ1) is 40.6. The van der Waals surface area contributed by atoms with Crippen LogP contribution < -0.4 is 10.6 Å². The number of hydrogen-bond acceptors (Lipinski definition) is 8. The second-order valence-electron chi connectivity index (χ2n) is 18.5. The number of carbonyl (C=O) groups excluding carboxylic acids is 3. The number of ether oxygens (including phenoxy) is 2. The van der Waals surface area contributed by atoms with Gasteiger partial charge in [0.05, 0.1) is 25.6 Å². The highest BCUT2D eigenvalue weighted by molar-refractivity contribution is 5.88. The number of nitrogens with one attached hydrogen (secondary N) is 4. The van der Waals surface area contributed by atoms with E-state index in [1.54, 1.807) is 7.11 Å². The van der Waals surface area contributed by atoms with Crippen molar-refractivity contribution in [2.24, 2.45) is 23.7 Å². The Morgan fingerprint density at radius 1 is 0.754 bits per heavy atom. The number of rotatable bonds is 13. The number of imidazole rings is 2. The minimum Gasteiger partial charge on any atom is -0.483 e. The van der Waals surface area contributed by atoms with Gasteiger partial charge in [-0.2, -0.15) is 0 Å². The van der Waals surface area contributed by atoms with Gasteiger partial charge in [-0.25, -0.2) is 14.8 Å². The molecule has 2 aliphatic heterocycles. The third-order valence-electron chi connectivity index (χ3n) is 14.3. The molecule has 2 aromatic heterocycles. The van der Waals surface area contributed by atoms with E-state index < -0.39 is 29.3 Å². The smallest absolute Gasteiger partial charge is 0.407 e. The molecule has 2 saturated heterocycles. The van der Waals surface area contributed by atoms with Crippen molar-refractivity contribution >= 4 is 24.0 Å². The lowest BCUT2D eigenvalue weighted by molar-refractivity contribution is -0.141. The summed E-state index contributed by atoms with van der Waals surface area (Å²) in [4.78, 5) is 61.8. The number of H-pyrrole nitrogens is 2. The van der Waals surface area contributed by atoms with Crippen LogP contribution in [0.3, 0.4) is 0 Å². The highest BCUT2D eigenvalue weighted by Gasteiger charge is 2.58. The van der Waals surface area contributed by atoms with Crippen LogP contribution in [0.15, 0.2) is 67.3 Å². The van der Waals surface area contributed by atoms with Crippen LogP contribution in [0.1, 0.15) is 89.0 Å². The molecular weight excluding hydrogens is 769 g/mol. The maximum Gasteiger partial charge on any atom is 0.407 e. The summed E-state index contributed by atoms with van der Waals surface area (Å²) in [5.41, 5.74) is 7.49. The van der Waals surface area contributed by atoms with Crippen LogP contribution in [0.2, 0.25) is 0 Å². The normalized spacial score (nSPS) is 24.4. The largest absolute Gasteiger partial charge is 0.483 e. The highest BCUT2D eigenvalue weighted by atomic mass is 16.5. The van der Waals surface area contributed by atoms with Gasteiger partial charge in [0.25, 0.3) is 0 Å². The van der Waals surface area contributed by atoms with E-state index in [-0.39, 0.29) is 23.7 Å². The maximum absolute atomic E-state index is 14.1. The number of hydrogen-bond donors (Lipinski definition) is 4. The summed E-state index contributed by atoms with van der Waals surface area (Å²) in [5.74, 6) is 2.82. The van der Waals surface area contributed by atoms with Crippen LogP contribution in [0.5, 0.6) is 0 Å². The molecule has 3 aliphatic carbocycles. The Hall–Kier alpha value is -5.85. The van der Waals surface area contributed by atoms with E-state index in [9.17, 15) is 14.4 Å². The van der Waals surface area contributed by atoms with E-state index in [2.05, 4.69) is 80.6 Å². The number of methoxy groups -OCH3 is 2. The number of likely N-dealkylation sites (tertiary alicyclic amines) is 2. The Labute approximate surface area is 357 Å². The molecular formula is C48H58N8O5. The molecule has 320 valence electrons. The quantitative estimate of drug-likeness (QED) is 0.101. The van der Waals surface area contributed by atoms with Crippen molar-refractivity contribution in [3.8, 4) is 33.6 Å². The summed E-state index contributed by atoms with van der Waals surface area (Å²) in [7, 11) is 2.87. The van der Waals surface area contributed by atoms with Crippen LogP contribution in [0, 0.1) is 23.7 Å². The van der Waals surface area contributed by atoms with Crippen molar-refractivity contribution in [1.82, 2.24) is 40.4 Å². The van der Waals surface area contributed by atoms with Gasteiger partial charge in [-0.05, 0) is 97.5 Å². The van der Waals surface area contributed by atoms with Gasteiger partial charge in [0.15, 0.2) is 5.88 Å². The highest BCUT2D eigenvalue weighted by Crippen LogP contribution is 2.54. The van der Waals surface area contributed by atoms with E-state index in [1.807, 2.05) is 45.0 Å². The second-order valence-corrected chi connectivity index (χ2v) is 18.5. The molecule has 3 amide bonds. The Balaban J connectivity index is 0.946. The van der Waals surface area contributed by atoms with Crippen LogP contribution in [-0.2, 0) is 36.6 Å². The second kappa shape index (κ2) is 15.6. The van der Waals surface area contributed by atoms with Crippen molar-refractivity contribution in [3.63, 3.8) is 0 Å². The third-order valence-corrected chi connectivity index (χ3v) is 14.3. The molecule has 4 heterocycles. The van der Waals surface area contributed by atoms with Crippen molar-refractivity contribution in [3.05, 3.63) is 90.1 Å². The monoisotopic (exact) mass is 826 g/mol. The summed E-state index contributed by atoms with van der Waals surface area (Å²) < 4.78 is 10.1. The van der Waals surface area contributed by atoms with Crippen LogP contribution in [0.25, 0.3) is 39.7 Å². The molecule has 4 N–H and O–H groups in total. The minimum absolute atomic E-state index is 0.0524. The number of benzene rings is 2. The Bertz CT molecular complexity index is 2400. The fourth-order valence-corrected chi connectivity index (χ4v) is 11.1. The first-order valence-corrected chi connectivity index (χ1v) is 21.9. The third kappa shape index (κ3) is 6.80.